The van der Waals surface area contributed by atoms with Gasteiger partial charge in [0.05, 0.1) is 10.8 Å². The Morgan fingerprint density at radius 3 is 2.07 bits per heavy atom. The van der Waals surface area contributed by atoms with E-state index >= 15 is 0 Å². The number of piperidine rings is 1. The molecule has 3 aromatic rings. The monoisotopic (exact) mass is 625 g/mol. The van der Waals surface area contributed by atoms with Crippen molar-refractivity contribution in [2.24, 2.45) is 10.8 Å². The summed E-state index contributed by atoms with van der Waals surface area (Å²) in [4.78, 5) is 27.7. The summed E-state index contributed by atoms with van der Waals surface area (Å²) in [6.07, 6.45) is 3.27. The number of rotatable bonds is 8. The van der Waals surface area contributed by atoms with Gasteiger partial charge in [0.25, 0.3) is 0 Å². The van der Waals surface area contributed by atoms with Gasteiger partial charge in [0.1, 0.15) is 29.6 Å². The van der Waals surface area contributed by atoms with Gasteiger partial charge in [-0.25, -0.2) is 0 Å². The van der Waals surface area contributed by atoms with E-state index in [4.69, 9.17) is 18.9 Å². The third kappa shape index (κ3) is 7.81. The molecule has 3 aromatic carbocycles. The molecule has 0 aromatic heterocycles. The number of para-hydroxylation sites is 1. The van der Waals surface area contributed by atoms with Gasteiger partial charge in [-0.1, -0.05) is 36.8 Å². The third-order valence-corrected chi connectivity index (χ3v) is 8.39. The first kappa shape index (κ1) is 33.3. The van der Waals surface area contributed by atoms with Gasteiger partial charge in [-0.2, -0.15) is 0 Å². The van der Waals surface area contributed by atoms with Gasteiger partial charge in [0.15, 0.2) is 6.10 Å². The Bertz CT molecular complexity index is 1590. The molecule has 2 aliphatic rings. The standard InChI is InChI=1S/C39H47NO6/c1-26-30-20-19-29(45-37(42)39(5,6)7)25-33(30)46-35(34(26)27-15-17-28(18-16-27)44-36(41)38(2,3)4)31-13-9-10-14-32(31)43-24-23-40-21-11-8-12-22-40/h9-10,13-20,25,35H,8,11-12,21-24H2,1-7H3. The molecule has 2 heterocycles. The minimum atomic E-state index is -0.639. The summed E-state index contributed by atoms with van der Waals surface area (Å²) in [6, 6.07) is 21.1. The number of fused-ring (bicyclic) bond motifs is 1. The van der Waals surface area contributed by atoms with Gasteiger partial charge in [0, 0.05) is 29.3 Å². The average Bonchev–Trinajstić information content (AvgIpc) is 3.01. The highest BCUT2D eigenvalue weighted by molar-refractivity contribution is 5.96. The summed E-state index contributed by atoms with van der Waals surface area (Å²) in [5, 5.41) is 0. The SMILES string of the molecule is CC1=C(c2ccc(OC(=O)C(C)(C)C)cc2)C(c2ccccc2OCCN2CCCCC2)Oc2cc(OC(=O)C(C)(C)C)ccc21. The largest absolute Gasteiger partial charge is 0.492 e. The summed E-state index contributed by atoms with van der Waals surface area (Å²) in [7, 11) is 0. The van der Waals surface area contributed by atoms with Crippen LogP contribution in [-0.4, -0.2) is 43.1 Å². The lowest BCUT2D eigenvalue weighted by atomic mass is 9.86. The Morgan fingerprint density at radius 1 is 0.804 bits per heavy atom. The van der Waals surface area contributed by atoms with Crippen LogP contribution >= 0.6 is 0 Å². The molecule has 0 spiro atoms. The average molecular weight is 626 g/mol. The smallest absolute Gasteiger partial charge is 0.316 e. The quantitative estimate of drug-likeness (QED) is 0.184. The molecule has 0 N–H and O–H groups in total. The lowest BCUT2D eigenvalue weighted by Crippen LogP contribution is -2.33. The Balaban J connectivity index is 1.50. The second kappa shape index (κ2) is 13.7. The summed E-state index contributed by atoms with van der Waals surface area (Å²) >= 11 is 0. The molecule has 1 atom stereocenters. The number of ether oxygens (including phenoxy) is 4. The Labute approximate surface area is 273 Å². The van der Waals surface area contributed by atoms with Crippen LogP contribution in [0.1, 0.15) is 90.5 Å². The van der Waals surface area contributed by atoms with Crippen molar-refractivity contribution < 1.29 is 28.5 Å². The van der Waals surface area contributed by atoms with Crippen LogP contribution in [-0.2, 0) is 9.59 Å². The van der Waals surface area contributed by atoms with E-state index in [9.17, 15) is 9.59 Å². The van der Waals surface area contributed by atoms with Crippen molar-refractivity contribution in [3.63, 3.8) is 0 Å². The summed E-state index contributed by atoms with van der Waals surface area (Å²) < 4.78 is 24.6. The molecule has 0 amide bonds. The second-order valence-corrected chi connectivity index (χ2v) is 14.3. The molecule has 0 aliphatic carbocycles. The zero-order chi connectivity index (χ0) is 33.1. The van der Waals surface area contributed by atoms with Crippen LogP contribution < -0.4 is 18.9 Å². The van der Waals surface area contributed by atoms with Gasteiger partial charge in [-0.15, -0.1) is 0 Å². The lowest BCUT2D eigenvalue weighted by Gasteiger charge is -2.32. The maximum atomic E-state index is 12.7. The van der Waals surface area contributed by atoms with Gasteiger partial charge >= 0.3 is 11.9 Å². The fourth-order valence-corrected chi connectivity index (χ4v) is 5.61. The van der Waals surface area contributed by atoms with E-state index in [1.165, 1.54) is 19.3 Å². The predicted octanol–water partition coefficient (Wildman–Crippen LogP) is 8.52. The van der Waals surface area contributed by atoms with E-state index in [1.807, 2.05) is 96.1 Å². The van der Waals surface area contributed by atoms with Crippen molar-refractivity contribution in [3.8, 4) is 23.0 Å². The van der Waals surface area contributed by atoms with E-state index in [2.05, 4.69) is 11.8 Å². The highest BCUT2D eigenvalue weighted by Gasteiger charge is 2.33. The first-order valence-electron chi connectivity index (χ1n) is 16.3. The minimum absolute atomic E-state index is 0.290. The number of nitrogens with zero attached hydrogens (tertiary/aromatic N) is 1. The number of hydrogen-bond acceptors (Lipinski definition) is 7. The van der Waals surface area contributed by atoms with Gasteiger partial charge < -0.3 is 18.9 Å². The number of hydrogen-bond donors (Lipinski definition) is 0. The number of esters is 2. The van der Waals surface area contributed by atoms with Gasteiger partial charge in [0.2, 0.25) is 0 Å². The molecular weight excluding hydrogens is 578 g/mol. The molecule has 1 unspecified atom stereocenters. The molecule has 0 saturated carbocycles. The summed E-state index contributed by atoms with van der Waals surface area (Å²) in [5.41, 5.74) is 3.52. The summed E-state index contributed by atoms with van der Waals surface area (Å²) in [6.45, 7) is 16.8. The molecule has 5 rings (SSSR count). The van der Waals surface area contributed by atoms with Crippen molar-refractivity contribution in [2.45, 2.75) is 73.8 Å². The fraction of sp³-hybridized carbons (Fsp3) is 0.436. The second-order valence-electron chi connectivity index (χ2n) is 14.3. The van der Waals surface area contributed by atoms with Crippen LogP contribution in [0, 0.1) is 10.8 Å². The van der Waals surface area contributed by atoms with Crippen molar-refractivity contribution in [3.05, 3.63) is 83.4 Å². The zero-order valence-corrected chi connectivity index (χ0v) is 28.3. The van der Waals surface area contributed by atoms with Gasteiger partial charge in [-0.3, -0.25) is 14.5 Å². The number of carbonyl (C=O) groups excluding carboxylic acids is 2. The Kier molecular flexibility index (Phi) is 9.92. The third-order valence-electron chi connectivity index (χ3n) is 8.39. The fourth-order valence-electron chi connectivity index (χ4n) is 5.61. The van der Waals surface area contributed by atoms with Crippen LogP contribution in [0.15, 0.2) is 66.7 Å². The number of allylic oxidation sites excluding steroid dienone is 1. The van der Waals surface area contributed by atoms with Crippen LogP contribution in [0.3, 0.4) is 0 Å². The predicted molar refractivity (Wildman–Crippen MR) is 181 cm³/mol. The first-order valence-corrected chi connectivity index (χ1v) is 16.3. The first-order chi connectivity index (χ1) is 21.8. The molecule has 1 saturated heterocycles. The maximum absolute atomic E-state index is 12.7. The summed E-state index contributed by atoms with van der Waals surface area (Å²) in [5.74, 6) is 1.72. The van der Waals surface area contributed by atoms with E-state index in [1.54, 1.807) is 12.1 Å². The topological polar surface area (TPSA) is 74.3 Å². The van der Waals surface area contributed by atoms with E-state index in [0.717, 1.165) is 53.2 Å². The molecule has 244 valence electrons. The highest BCUT2D eigenvalue weighted by Crippen LogP contribution is 2.49. The van der Waals surface area contributed by atoms with Crippen molar-refractivity contribution in [1.82, 2.24) is 4.90 Å². The lowest BCUT2D eigenvalue weighted by molar-refractivity contribution is -0.143. The maximum Gasteiger partial charge on any atom is 0.316 e. The molecule has 46 heavy (non-hydrogen) atoms. The molecule has 7 nitrogen and oxygen atoms in total. The molecule has 0 bridgehead atoms. The highest BCUT2D eigenvalue weighted by atomic mass is 16.5. The minimum Gasteiger partial charge on any atom is -0.492 e. The normalized spacial score (nSPS) is 17.2. The van der Waals surface area contributed by atoms with Crippen LogP contribution in [0.5, 0.6) is 23.0 Å². The van der Waals surface area contributed by atoms with Crippen LogP contribution in [0.25, 0.3) is 11.1 Å². The van der Waals surface area contributed by atoms with Gasteiger partial charge in [-0.05, 0) is 116 Å². The molecular formula is C39H47NO6. The van der Waals surface area contributed by atoms with E-state index in [0.29, 0.717) is 23.9 Å². The zero-order valence-electron chi connectivity index (χ0n) is 28.3. The number of likely N-dealkylation sites (tertiary alicyclic amines) is 1. The Hall–Kier alpha value is -4.10. The van der Waals surface area contributed by atoms with Crippen LogP contribution in [0.4, 0.5) is 0 Å². The van der Waals surface area contributed by atoms with E-state index in [-0.39, 0.29) is 11.9 Å². The molecule has 2 aliphatic heterocycles. The van der Waals surface area contributed by atoms with Crippen LogP contribution in [0.2, 0.25) is 0 Å². The molecule has 1 fully saturated rings. The van der Waals surface area contributed by atoms with Crippen molar-refractivity contribution in [1.29, 1.82) is 0 Å². The molecule has 0 radical (unpaired) electrons. The van der Waals surface area contributed by atoms with Crippen molar-refractivity contribution in [2.75, 3.05) is 26.2 Å². The van der Waals surface area contributed by atoms with E-state index < -0.39 is 16.9 Å². The Morgan fingerprint density at radius 2 is 1.41 bits per heavy atom. The van der Waals surface area contributed by atoms with Crippen molar-refractivity contribution >= 4 is 23.1 Å². The number of benzene rings is 3. The molecule has 7 heteroatoms. The number of carbonyl (C=O) groups is 2.